The number of carboxylic acids is 1. The molecule has 2 fully saturated rings. The molecule has 1 saturated heterocycles. The van der Waals surface area contributed by atoms with E-state index < -0.39 is 12.1 Å². The summed E-state index contributed by atoms with van der Waals surface area (Å²) in [6.07, 6.45) is -0.0588. The van der Waals surface area contributed by atoms with Crippen LogP contribution in [0.25, 0.3) is 0 Å². The standard InChI is InChI=1S/C9H18N2OS.C2HF3O2/c12-13-11(9-2-1-3-9)5-4-8-6-10-7-8;3-2(4,5)1(6)7/h8-10,13H,1-7H2;(H,6,7). The van der Waals surface area contributed by atoms with Gasteiger partial charge < -0.3 is 10.4 Å². The van der Waals surface area contributed by atoms with Crippen molar-refractivity contribution in [1.29, 1.82) is 0 Å². The van der Waals surface area contributed by atoms with Gasteiger partial charge in [0.15, 0.2) is 0 Å². The Hall–Kier alpha value is -0.670. The van der Waals surface area contributed by atoms with Gasteiger partial charge in [-0.2, -0.15) is 13.2 Å². The Balaban J connectivity index is 0.000000246. The van der Waals surface area contributed by atoms with E-state index in [0.29, 0.717) is 6.04 Å². The predicted molar refractivity (Wildman–Crippen MR) is 68.5 cm³/mol. The fourth-order valence-electron chi connectivity index (χ4n) is 1.84. The smallest absolute Gasteiger partial charge is 0.475 e. The van der Waals surface area contributed by atoms with Gasteiger partial charge in [0.05, 0.1) is 11.9 Å². The quantitative estimate of drug-likeness (QED) is 0.661. The van der Waals surface area contributed by atoms with Crippen molar-refractivity contribution in [1.82, 2.24) is 9.62 Å². The van der Waals surface area contributed by atoms with Crippen LogP contribution in [0.1, 0.15) is 25.7 Å². The monoisotopic (exact) mass is 316 g/mol. The number of aliphatic carboxylic acids is 1. The molecular formula is C11H19F3N2O3S. The van der Waals surface area contributed by atoms with Crippen molar-refractivity contribution >= 4 is 17.8 Å². The van der Waals surface area contributed by atoms with Gasteiger partial charge in [0.2, 0.25) is 0 Å². The Labute approximate surface area is 119 Å². The molecule has 2 N–H and O–H groups in total. The second kappa shape index (κ2) is 7.94. The summed E-state index contributed by atoms with van der Waals surface area (Å²) in [7, 11) is 0. The van der Waals surface area contributed by atoms with E-state index in [-0.39, 0.29) is 11.9 Å². The minimum atomic E-state index is -5.08. The second-order valence-corrected chi connectivity index (χ2v) is 5.62. The van der Waals surface area contributed by atoms with Gasteiger partial charge in [0.1, 0.15) is 0 Å². The predicted octanol–water partition coefficient (Wildman–Crippen LogP) is 0.944. The highest BCUT2D eigenvalue weighted by molar-refractivity contribution is 7.63. The zero-order chi connectivity index (χ0) is 15.2. The lowest BCUT2D eigenvalue weighted by atomic mass is 9.92. The van der Waals surface area contributed by atoms with Crippen molar-refractivity contribution in [3.63, 3.8) is 0 Å². The number of carboxylic acid groups (broad SMARTS) is 1. The molecule has 0 amide bonds. The molecule has 1 aliphatic heterocycles. The van der Waals surface area contributed by atoms with Crippen molar-refractivity contribution in [3.8, 4) is 0 Å². The molecule has 0 bridgehead atoms. The van der Waals surface area contributed by atoms with E-state index in [1.54, 1.807) is 0 Å². The van der Waals surface area contributed by atoms with Gasteiger partial charge in [0.25, 0.3) is 0 Å². The van der Waals surface area contributed by atoms with Crippen LogP contribution < -0.4 is 5.32 Å². The Kier molecular flexibility index (Phi) is 6.90. The van der Waals surface area contributed by atoms with E-state index in [1.165, 1.54) is 25.7 Å². The molecule has 0 atom stereocenters. The van der Waals surface area contributed by atoms with Gasteiger partial charge in [-0.15, -0.1) is 0 Å². The maximum Gasteiger partial charge on any atom is 0.490 e. The topological polar surface area (TPSA) is 69.6 Å². The molecule has 1 heterocycles. The average molecular weight is 316 g/mol. The molecule has 1 aliphatic carbocycles. The van der Waals surface area contributed by atoms with Crippen LogP contribution in [-0.2, 0) is 16.6 Å². The highest BCUT2D eigenvalue weighted by Crippen LogP contribution is 2.25. The third kappa shape index (κ3) is 5.76. The van der Waals surface area contributed by atoms with Crippen molar-refractivity contribution in [3.05, 3.63) is 0 Å². The van der Waals surface area contributed by atoms with E-state index >= 15 is 0 Å². The largest absolute Gasteiger partial charge is 0.490 e. The molecule has 2 aliphatic rings. The molecule has 0 aromatic rings. The van der Waals surface area contributed by atoms with E-state index in [1.807, 2.05) is 0 Å². The average Bonchev–Trinajstić information content (AvgIpc) is 2.22. The third-order valence-electron chi connectivity index (χ3n) is 3.48. The summed E-state index contributed by atoms with van der Waals surface area (Å²) in [6, 6.07) is 0.618. The summed E-state index contributed by atoms with van der Waals surface area (Å²) in [5, 5.41) is 10.4. The Morgan fingerprint density at radius 3 is 2.15 bits per heavy atom. The number of rotatable bonds is 5. The number of halogens is 3. The minimum absolute atomic E-state index is 0.234. The van der Waals surface area contributed by atoms with E-state index in [2.05, 4.69) is 9.62 Å². The van der Waals surface area contributed by atoms with Crippen molar-refractivity contribution < 1.29 is 27.3 Å². The highest BCUT2D eigenvalue weighted by atomic mass is 32.2. The third-order valence-corrected chi connectivity index (χ3v) is 4.21. The van der Waals surface area contributed by atoms with Crippen LogP contribution in [0, 0.1) is 5.92 Å². The van der Waals surface area contributed by atoms with Crippen LogP contribution >= 0.6 is 0 Å². The summed E-state index contributed by atoms with van der Waals surface area (Å²) in [5.41, 5.74) is 0. The van der Waals surface area contributed by atoms with Crippen molar-refractivity contribution in [2.45, 2.75) is 37.9 Å². The molecule has 0 spiro atoms. The number of nitrogens with one attached hydrogen (secondary N) is 1. The van der Waals surface area contributed by atoms with E-state index in [9.17, 15) is 17.4 Å². The lowest BCUT2D eigenvalue weighted by Crippen LogP contribution is -2.45. The maximum atomic E-state index is 10.9. The molecule has 118 valence electrons. The number of carbonyl (C=O) groups is 1. The molecule has 0 unspecified atom stereocenters. The van der Waals surface area contributed by atoms with Crippen LogP contribution in [0.3, 0.4) is 0 Å². The summed E-state index contributed by atoms with van der Waals surface area (Å²) in [5.74, 6) is -1.92. The number of nitrogens with zero attached hydrogens (tertiary/aromatic N) is 1. The number of thiol groups is 1. The highest BCUT2D eigenvalue weighted by Gasteiger charge is 2.38. The van der Waals surface area contributed by atoms with Crippen LogP contribution in [0.15, 0.2) is 0 Å². The van der Waals surface area contributed by atoms with Gasteiger partial charge in [-0.25, -0.2) is 13.3 Å². The summed E-state index contributed by atoms with van der Waals surface area (Å²) >= 11 is 0.234. The lowest BCUT2D eigenvalue weighted by Gasteiger charge is -2.35. The summed E-state index contributed by atoms with van der Waals surface area (Å²) < 4.78 is 44.7. The van der Waals surface area contributed by atoms with Gasteiger partial charge in [-0.1, -0.05) is 6.42 Å². The summed E-state index contributed by atoms with van der Waals surface area (Å²) in [4.78, 5) is 8.90. The fraction of sp³-hybridized carbons (Fsp3) is 0.909. The molecule has 20 heavy (non-hydrogen) atoms. The first-order valence-corrected chi connectivity index (χ1v) is 7.22. The molecule has 0 aromatic carbocycles. The molecule has 2 rings (SSSR count). The van der Waals surface area contributed by atoms with E-state index in [0.717, 1.165) is 25.6 Å². The number of hydrogen-bond acceptors (Lipinski definition) is 3. The first-order chi connectivity index (χ1) is 9.34. The van der Waals surface area contributed by atoms with Crippen LogP contribution in [-0.4, -0.2) is 51.4 Å². The Morgan fingerprint density at radius 2 is 1.90 bits per heavy atom. The fourth-order valence-corrected chi connectivity index (χ4v) is 2.40. The van der Waals surface area contributed by atoms with Gasteiger partial charge >= 0.3 is 12.1 Å². The molecule has 5 nitrogen and oxygen atoms in total. The minimum Gasteiger partial charge on any atom is -0.475 e. The molecule has 9 heteroatoms. The van der Waals surface area contributed by atoms with Gasteiger partial charge in [-0.3, -0.25) is 0 Å². The van der Waals surface area contributed by atoms with E-state index in [4.69, 9.17) is 9.90 Å². The van der Waals surface area contributed by atoms with Gasteiger partial charge in [-0.05, 0) is 38.3 Å². The molecule has 0 radical (unpaired) electrons. The first-order valence-electron chi connectivity index (χ1n) is 6.45. The molecular weight excluding hydrogens is 297 g/mol. The maximum absolute atomic E-state index is 10.9. The normalized spacial score (nSPS) is 19.8. The Bertz CT molecular complexity index is 333. The Morgan fingerprint density at radius 1 is 1.35 bits per heavy atom. The van der Waals surface area contributed by atoms with Crippen LogP contribution in [0.5, 0.6) is 0 Å². The molecule has 1 saturated carbocycles. The summed E-state index contributed by atoms with van der Waals surface area (Å²) in [6.45, 7) is 3.34. The number of hydrogen-bond donors (Lipinski definition) is 3. The second-order valence-electron chi connectivity index (χ2n) is 4.95. The van der Waals surface area contributed by atoms with Crippen molar-refractivity contribution in [2.24, 2.45) is 5.92 Å². The van der Waals surface area contributed by atoms with Gasteiger partial charge in [0, 0.05) is 12.6 Å². The zero-order valence-corrected chi connectivity index (χ0v) is 11.8. The molecule has 0 aromatic heterocycles. The number of alkyl halides is 3. The zero-order valence-electron chi connectivity index (χ0n) is 10.9. The first kappa shape index (κ1) is 17.4. The van der Waals surface area contributed by atoms with Crippen LogP contribution in [0.2, 0.25) is 0 Å². The van der Waals surface area contributed by atoms with Crippen molar-refractivity contribution in [2.75, 3.05) is 19.6 Å². The lowest BCUT2D eigenvalue weighted by molar-refractivity contribution is -0.192. The SMILES string of the molecule is O=C(O)C(F)(F)F.O=[SH]N(CCC1CNC1)C1CCC1. The van der Waals surface area contributed by atoms with Crippen LogP contribution in [0.4, 0.5) is 13.2 Å².